The van der Waals surface area contributed by atoms with Crippen LogP contribution in [0, 0.1) is 12.7 Å². The average molecular weight is 356 g/mol. The fourth-order valence-corrected chi connectivity index (χ4v) is 2.41. The van der Waals surface area contributed by atoms with Crippen LogP contribution in [0.4, 0.5) is 4.39 Å². The van der Waals surface area contributed by atoms with Gasteiger partial charge in [-0.1, -0.05) is 15.9 Å². The highest BCUT2D eigenvalue weighted by Gasteiger charge is 2.09. The Labute approximate surface area is 132 Å². The van der Waals surface area contributed by atoms with Crippen LogP contribution >= 0.6 is 15.9 Å². The molecule has 0 spiro atoms. The molecule has 1 N–H and O–H groups in total. The first-order chi connectivity index (χ1) is 10.1. The first-order valence-corrected chi connectivity index (χ1v) is 7.56. The van der Waals surface area contributed by atoms with E-state index in [1.165, 1.54) is 12.1 Å². The van der Waals surface area contributed by atoms with E-state index in [9.17, 15) is 4.39 Å². The van der Waals surface area contributed by atoms with Gasteiger partial charge in [0.2, 0.25) is 0 Å². The standard InChI is InChI=1S/C15H19BrFN3O/c1-11-13(8-18-5-6-21-2)9-19-20(11)10-12-7-14(17)3-4-15(12)16/h3-4,7,9,18H,5-6,8,10H2,1-2H3. The van der Waals surface area contributed by atoms with Crippen molar-refractivity contribution in [1.82, 2.24) is 15.1 Å². The highest BCUT2D eigenvalue weighted by molar-refractivity contribution is 9.10. The summed E-state index contributed by atoms with van der Waals surface area (Å²) < 4.78 is 21.1. The molecule has 21 heavy (non-hydrogen) atoms. The predicted molar refractivity (Wildman–Crippen MR) is 83.7 cm³/mol. The van der Waals surface area contributed by atoms with Gasteiger partial charge in [-0.3, -0.25) is 4.68 Å². The molecule has 0 amide bonds. The molecule has 2 aromatic rings. The van der Waals surface area contributed by atoms with E-state index in [1.807, 2.05) is 17.8 Å². The van der Waals surface area contributed by atoms with Crippen molar-refractivity contribution in [2.24, 2.45) is 0 Å². The molecule has 0 aliphatic carbocycles. The number of rotatable bonds is 7. The summed E-state index contributed by atoms with van der Waals surface area (Å²) in [5, 5.41) is 7.68. The third kappa shape index (κ3) is 4.36. The van der Waals surface area contributed by atoms with Gasteiger partial charge in [0.25, 0.3) is 0 Å². The van der Waals surface area contributed by atoms with E-state index in [-0.39, 0.29) is 5.82 Å². The predicted octanol–water partition coefficient (Wildman–Crippen LogP) is 2.88. The molecule has 2 rings (SSSR count). The van der Waals surface area contributed by atoms with Gasteiger partial charge in [0.05, 0.1) is 19.3 Å². The zero-order chi connectivity index (χ0) is 15.2. The van der Waals surface area contributed by atoms with Crippen LogP contribution in [0.2, 0.25) is 0 Å². The summed E-state index contributed by atoms with van der Waals surface area (Å²) in [6, 6.07) is 4.69. The number of benzene rings is 1. The summed E-state index contributed by atoms with van der Waals surface area (Å²) in [4.78, 5) is 0. The zero-order valence-electron chi connectivity index (χ0n) is 12.2. The SMILES string of the molecule is COCCNCc1cnn(Cc2cc(F)ccc2Br)c1C. The van der Waals surface area contributed by atoms with Crippen molar-refractivity contribution in [2.75, 3.05) is 20.3 Å². The van der Waals surface area contributed by atoms with E-state index in [4.69, 9.17) is 4.74 Å². The van der Waals surface area contributed by atoms with Crippen LogP contribution < -0.4 is 5.32 Å². The Bertz CT molecular complexity index is 601. The molecule has 1 heterocycles. The van der Waals surface area contributed by atoms with Gasteiger partial charge in [-0.25, -0.2) is 4.39 Å². The highest BCUT2D eigenvalue weighted by atomic mass is 79.9. The fourth-order valence-electron chi connectivity index (χ4n) is 2.04. The number of hydrogen-bond donors (Lipinski definition) is 1. The monoisotopic (exact) mass is 355 g/mol. The second-order valence-corrected chi connectivity index (χ2v) is 5.67. The van der Waals surface area contributed by atoms with Gasteiger partial charge in [-0.05, 0) is 30.7 Å². The zero-order valence-corrected chi connectivity index (χ0v) is 13.8. The van der Waals surface area contributed by atoms with Crippen LogP contribution in [-0.4, -0.2) is 30.0 Å². The number of ether oxygens (including phenoxy) is 1. The normalized spacial score (nSPS) is 11.0. The molecule has 0 aliphatic rings. The average Bonchev–Trinajstić information content (AvgIpc) is 2.80. The van der Waals surface area contributed by atoms with Crippen LogP contribution in [0.5, 0.6) is 0 Å². The molecule has 0 atom stereocenters. The van der Waals surface area contributed by atoms with Crippen molar-refractivity contribution in [3.05, 3.63) is 51.5 Å². The van der Waals surface area contributed by atoms with E-state index >= 15 is 0 Å². The molecule has 4 nitrogen and oxygen atoms in total. The molecule has 1 aromatic heterocycles. The van der Waals surface area contributed by atoms with Crippen molar-refractivity contribution < 1.29 is 9.13 Å². The summed E-state index contributed by atoms with van der Waals surface area (Å²) in [6.45, 7) is 4.80. The summed E-state index contributed by atoms with van der Waals surface area (Å²) in [5.41, 5.74) is 3.09. The second-order valence-electron chi connectivity index (χ2n) is 4.82. The van der Waals surface area contributed by atoms with Gasteiger partial charge in [0.15, 0.2) is 0 Å². The lowest BCUT2D eigenvalue weighted by Gasteiger charge is -2.08. The van der Waals surface area contributed by atoms with E-state index in [2.05, 4.69) is 26.3 Å². The van der Waals surface area contributed by atoms with Gasteiger partial charge in [-0.2, -0.15) is 5.10 Å². The van der Waals surface area contributed by atoms with Crippen molar-refractivity contribution in [1.29, 1.82) is 0 Å². The number of methoxy groups -OCH3 is 1. The molecular weight excluding hydrogens is 337 g/mol. The molecule has 0 unspecified atom stereocenters. The summed E-state index contributed by atoms with van der Waals surface area (Å²) in [5.74, 6) is -0.237. The summed E-state index contributed by atoms with van der Waals surface area (Å²) in [7, 11) is 1.68. The van der Waals surface area contributed by atoms with E-state index in [0.717, 1.165) is 34.4 Å². The molecule has 114 valence electrons. The lowest BCUT2D eigenvalue weighted by Crippen LogP contribution is -2.19. The Hall–Kier alpha value is -1.24. The first-order valence-electron chi connectivity index (χ1n) is 6.76. The Balaban J connectivity index is 2.04. The van der Waals surface area contributed by atoms with Crippen molar-refractivity contribution in [3.8, 4) is 0 Å². The highest BCUT2D eigenvalue weighted by Crippen LogP contribution is 2.20. The smallest absolute Gasteiger partial charge is 0.123 e. The van der Waals surface area contributed by atoms with Crippen LogP contribution in [0.25, 0.3) is 0 Å². The molecule has 0 bridgehead atoms. The van der Waals surface area contributed by atoms with Gasteiger partial charge < -0.3 is 10.1 Å². The van der Waals surface area contributed by atoms with E-state index in [1.54, 1.807) is 13.2 Å². The van der Waals surface area contributed by atoms with Crippen molar-refractivity contribution in [3.63, 3.8) is 0 Å². The van der Waals surface area contributed by atoms with Crippen molar-refractivity contribution in [2.45, 2.75) is 20.0 Å². The third-order valence-electron chi connectivity index (χ3n) is 3.33. The molecule has 0 aliphatic heterocycles. The number of hydrogen-bond acceptors (Lipinski definition) is 3. The topological polar surface area (TPSA) is 39.1 Å². The Morgan fingerprint density at radius 1 is 1.38 bits per heavy atom. The molecule has 0 saturated heterocycles. The van der Waals surface area contributed by atoms with Crippen LogP contribution in [0.1, 0.15) is 16.8 Å². The summed E-state index contributed by atoms with van der Waals surface area (Å²) in [6.07, 6.45) is 1.85. The molecule has 0 fully saturated rings. The van der Waals surface area contributed by atoms with Crippen LogP contribution in [0.3, 0.4) is 0 Å². The first kappa shape index (κ1) is 16.1. The maximum absolute atomic E-state index is 13.3. The molecule has 0 radical (unpaired) electrons. The third-order valence-corrected chi connectivity index (χ3v) is 4.10. The number of halogens is 2. The number of nitrogens with zero attached hydrogens (tertiary/aromatic N) is 2. The largest absolute Gasteiger partial charge is 0.383 e. The molecular formula is C15H19BrFN3O. The molecule has 1 aromatic carbocycles. The molecule has 6 heteroatoms. The number of aromatic nitrogens is 2. The van der Waals surface area contributed by atoms with Crippen molar-refractivity contribution >= 4 is 15.9 Å². The number of nitrogens with one attached hydrogen (secondary N) is 1. The van der Waals surface area contributed by atoms with E-state index < -0.39 is 0 Å². The maximum Gasteiger partial charge on any atom is 0.123 e. The van der Waals surface area contributed by atoms with Gasteiger partial charge >= 0.3 is 0 Å². The van der Waals surface area contributed by atoms with Gasteiger partial charge in [-0.15, -0.1) is 0 Å². The fraction of sp³-hybridized carbons (Fsp3) is 0.400. The minimum atomic E-state index is -0.237. The van der Waals surface area contributed by atoms with Gasteiger partial charge in [0, 0.05) is 35.9 Å². The Kier molecular flexibility index (Phi) is 5.90. The van der Waals surface area contributed by atoms with E-state index in [0.29, 0.717) is 13.2 Å². The van der Waals surface area contributed by atoms with Gasteiger partial charge in [0.1, 0.15) is 5.82 Å². The Morgan fingerprint density at radius 2 is 2.19 bits per heavy atom. The quantitative estimate of drug-likeness (QED) is 0.776. The lowest BCUT2D eigenvalue weighted by molar-refractivity contribution is 0.199. The minimum absolute atomic E-state index is 0.237. The van der Waals surface area contributed by atoms with Crippen LogP contribution in [0.15, 0.2) is 28.9 Å². The molecule has 0 saturated carbocycles. The Morgan fingerprint density at radius 3 is 2.95 bits per heavy atom. The lowest BCUT2D eigenvalue weighted by atomic mass is 10.2. The minimum Gasteiger partial charge on any atom is -0.383 e. The maximum atomic E-state index is 13.3. The van der Waals surface area contributed by atoms with Crippen LogP contribution in [-0.2, 0) is 17.8 Å². The second kappa shape index (κ2) is 7.68. The summed E-state index contributed by atoms with van der Waals surface area (Å²) >= 11 is 3.44.